The van der Waals surface area contributed by atoms with Crippen LogP contribution in [0.5, 0.6) is 5.75 Å². The topological polar surface area (TPSA) is 90.3 Å². The van der Waals surface area contributed by atoms with Crippen LogP contribution in [0, 0.1) is 0 Å². The number of halogens is 3. The molecule has 3 aromatic rings. The van der Waals surface area contributed by atoms with E-state index in [0.29, 0.717) is 10.7 Å². The number of nitrogens with one attached hydrogen (secondary N) is 1. The van der Waals surface area contributed by atoms with E-state index in [1.54, 1.807) is 0 Å². The number of hydrogen-bond donors (Lipinski definition) is 1. The summed E-state index contributed by atoms with van der Waals surface area (Å²) >= 11 is 5.84. The van der Waals surface area contributed by atoms with E-state index < -0.39 is 28.7 Å². The average molecular weight is 496 g/mol. The molecule has 1 aromatic heterocycles. The van der Waals surface area contributed by atoms with Crippen LogP contribution in [0.15, 0.2) is 58.3 Å². The van der Waals surface area contributed by atoms with Gasteiger partial charge in [-0.3, -0.25) is 9.48 Å². The van der Waals surface area contributed by atoms with Crippen molar-refractivity contribution in [3.05, 3.63) is 64.9 Å². The number of anilines is 1. The van der Waals surface area contributed by atoms with E-state index in [0.717, 1.165) is 17.5 Å². The first kappa shape index (κ1) is 23.2. The van der Waals surface area contributed by atoms with Crippen molar-refractivity contribution in [2.24, 2.45) is 0 Å². The third-order valence-electron chi connectivity index (χ3n) is 5.18. The zero-order valence-corrected chi connectivity index (χ0v) is 19.0. The Hall–Kier alpha value is -2.98. The molecule has 0 spiro atoms. The standard InChI is InChI=1S/C22H20ClF2N3O4S/c1-32-16-8-15(9-18(10-16)33(30,31)17-6-4-14(23)5-7-17)26-21(29)12-28-20(22(24)25)11-19(27-28)13-2-3-13/h4-11,13,22H,2-3,12H2,1H3,(H,26,29). The Kier molecular flexibility index (Phi) is 6.40. The molecule has 1 saturated carbocycles. The summed E-state index contributed by atoms with van der Waals surface area (Å²) in [5.41, 5.74) is 0.361. The normalized spacial score (nSPS) is 13.8. The van der Waals surface area contributed by atoms with Gasteiger partial charge in [-0.1, -0.05) is 11.6 Å². The summed E-state index contributed by atoms with van der Waals surface area (Å²) in [7, 11) is -2.57. The number of ether oxygens (including phenoxy) is 1. The largest absolute Gasteiger partial charge is 0.497 e. The minimum Gasteiger partial charge on any atom is -0.497 e. The van der Waals surface area contributed by atoms with Crippen LogP contribution >= 0.6 is 11.6 Å². The molecule has 11 heteroatoms. The lowest BCUT2D eigenvalue weighted by Gasteiger charge is -2.12. The summed E-state index contributed by atoms with van der Waals surface area (Å²) in [6.07, 6.45) is -0.994. The van der Waals surface area contributed by atoms with Gasteiger partial charge in [0, 0.05) is 22.7 Å². The molecule has 0 radical (unpaired) electrons. The van der Waals surface area contributed by atoms with Crippen molar-refractivity contribution in [1.29, 1.82) is 0 Å². The number of hydrogen-bond acceptors (Lipinski definition) is 5. The van der Waals surface area contributed by atoms with Gasteiger partial charge in [0.25, 0.3) is 6.43 Å². The monoisotopic (exact) mass is 495 g/mol. The molecular weight excluding hydrogens is 476 g/mol. The number of carbonyl (C=O) groups excluding carboxylic acids is 1. The van der Waals surface area contributed by atoms with Gasteiger partial charge in [0.05, 0.1) is 22.6 Å². The van der Waals surface area contributed by atoms with Crippen LogP contribution in [-0.2, 0) is 21.2 Å². The van der Waals surface area contributed by atoms with Crippen molar-refractivity contribution in [2.45, 2.75) is 41.5 Å². The highest BCUT2D eigenvalue weighted by molar-refractivity contribution is 7.91. The van der Waals surface area contributed by atoms with Crippen molar-refractivity contribution >= 4 is 33.0 Å². The molecule has 174 valence electrons. The van der Waals surface area contributed by atoms with Gasteiger partial charge in [-0.25, -0.2) is 17.2 Å². The molecule has 0 aliphatic heterocycles. The van der Waals surface area contributed by atoms with E-state index in [-0.39, 0.29) is 32.8 Å². The highest BCUT2D eigenvalue weighted by Gasteiger charge is 2.29. The molecule has 0 saturated heterocycles. The summed E-state index contributed by atoms with van der Waals surface area (Å²) in [4.78, 5) is 12.5. The smallest absolute Gasteiger partial charge is 0.280 e. The first-order valence-electron chi connectivity index (χ1n) is 10.0. The maximum Gasteiger partial charge on any atom is 0.280 e. The van der Waals surface area contributed by atoms with Gasteiger partial charge >= 0.3 is 0 Å². The Morgan fingerprint density at radius 3 is 2.48 bits per heavy atom. The summed E-state index contributed by atoms with van der Waals surface area (Å²) in [6.45, 7) is -0.442. The van der Waals surface area contributed by atoms with Gasteiger partial charge in [0.15, 0.2) is 0 Å². The van der Waals surface area contributed by atoms with E-state index >= 15 is 0 Å². The van der Waals surface area contributed by atoms with Crippen LogP contribution in [0.4, 0.5) is 14.5 Å². The Morgan fingerprint density at radius 2 is 1.88 bits per heavy atom. The van der Waals surface area contributed by atoms with Crippen molar-refractivity contribution in [3.63, 3.8) is 0 Å². The molecule has 33 heavy (non-hydrogen) atoms. The molecule has 1 heterocycles. The second-order valence-corrected chi connectivity index (χ2v) is 10.0. The fourth-order valence-corrected chi connectivity index (χ4v) is 4.78. The van der Waals surface area contributed by atoms with Crippen molar-refractivity contribution in [2.75, 3.05) is 12.4 Å². The van der Waals surface area contributed by atoms with Crippen LogP contribution in [-0.4, -0.2) is 31.2 Å². The number of alkyl halides is 2. The predicted molar refractivity (Wildman–Crippen MR) is 118 cm³/mol. The van der Waals surface area contributed by atoms with E-state index in [2.05, 4.69) is 10.4 Å². The van der Waals surface area contributed by atoms with Crippen LogP contribution in [0.3, 0.4) is 0 Å². The number of methoxy groups -OCH3 is 1. The maximum atomic E-state index is 13.4. The second-order valence-electron chi connectivity index (χ2n) is 7.63. The highest BCUT2D eigenvalue weighted by Crippen LogP contribution is 2.40. The molecule has 1 aliphatic rings. The Balaban J connectivity index is 1.58. The van der Waals surface area contributed by atoms with E-state index in [1.807, 2.05) is 0 Å². The van der Waals surface area contributed by atoms with Crippen molar-refractivity contribution in [3.8, 4) is 5.75 Å². The van der Waals surface area contributed by atoms with Gasteiger partial charge in [0.2, 0.25) is 15.7 Å². The number of benzene rings is 2. The molecule has 1 N–H and O–H groups in total. The molecule has 7 nitrogen and oxygen atoms in total. The molecule has 0 bridgehead atoms. The number of sulfone groups is 1. The van der Waals surface area contributed by atoms with Crippen molar-refractivity contribution in [1.82, 2.24) is 9.78 Å². The molecule has 1 fully saturated rings. The first-order valence-corrected chi connectivity index (χ1v) is 11.9. The quantitative estimate of drug-likeness (QED) is 0.483. The summed E-state index contributed by atoms with van der Waals surface area (Å²) in [5.74, 6) is -0.278. The number of amides is 1. The second kappa shape index (κ2) is 9.11. The van der Waals surface area contributed by atoms with E-state index in [9.17, 15) is 22.0 Å². The highest BCUT2D eigenvalue weighted by atomic mass is 35.5. The third-order valence-corrected chi connectivity index (χ3v) is 7.18. The Bertz CT molecular complexity index is 1290. The van der Waals surface area contributed by atoms with Gasteiger partial charge in [-0.05, 0) is 55.3 Å². The molecule has 4 rings (SSSR count). The van der Waals surface area contributed by atoms with Crippen molar-refractivity contribution < 1.29 is 26.7 Å². The van der Waals surface area contributed by atoms with Gasteiger partial charge in [-0.2, -0.15) is 5.10 Å². The van der Waals surface area contributed by atoms with Crippen LogP contribution < -0.4 is 10.1 Å². The lowest BCUT2D eigenvalue weighted by atomic mass is 10.3. The average Bonchev–Trinajstić information content (AvgIpc) is 3.54. The number of aromatic nitrogens is 2. The molecule has 1 aliphatic carbocycles. The SMILES string of the molecule is COc1cc(NC(=O)Cn2nc(C3CC3)cc2C(F)F)cc(S(=O)(=O)c2ccc(Cl)cc2)c1. The van der Waals surface area contributed by atoms with E-state index in [1.165, 1.54) is 55.6 Å². The molecular formula is C22H20ClF2N3O4S. The fraction of sp³-hybridized carbons (Fsp3) is 0.273. The third kappa shape index (κ3) is 5.17. The van der Waals surface area contributed by atoms with Gasteiger partial charge in [-0.15, -0.1) is 0 Å². The number of rotatable bonds is 8. The Labute approximate surface area is 194 Å². The molecule has 2 aromatic carbocycles. The minimum atomic E-state index is -3.93. The van der Waals surface area contributed by atoms with Gasteiger partial charge in [0.1, 0.15) is 18.0 Å². The fourth-order valence-electron chi connectivity index (χ4n) is 3.34. The predicted octanol–water partition coefficient (Wildman–Crippen LogP) is 4.83. The van der Waals surface area contributed by atoms with Gasteiger partial charge < -0.3 is 10.1 Å². The molecule has 1 amide bonds. The summed E-state index contributed by atoms with van der Waals surface area (Å²) < 4.78 is 59.0. The lowest BCUT2D eigenvalue weighted by Crippen LogP contribution is -2.21. The zero-order chi connectivity index (χ0) is 23.8. The minimum absolute atomic E-state index is 0.0168. The molecule has 0 unspecified atom stereocenters. The zero-order valence-electron chi connectivity index (χ0n) is 17.5. The first-order chi connectivity index (χ1) is 15.7. The van der Waals surface area contributed by atoms with E-state index in [4.69, 9.17) is 16.3 Å². The number of nitrogens with zero attached hydrogens (tertiary/aromatic N) is 2. The lowest BCUT2D eigenvalue weighted by molar-refractivity contribution is -0.117. The summed E-state index contributed by atoms with van der Waals surface area (Å²) in [5, 5.41) is 7.09. The molecule has 0 atom stereocenters. The van der Waals surface area contributed by atoms with Crippen LogP contribution in [0.1, 0.15) is 36.6 Å². The maximum absolute atomic E-state index is 13.4. The Morgan fingerprint density at radius 1 is 1.18 bits per heavy atom. The van der Waals surface area contributed by atoms with Crippen LogP contribution in [0.25, 0.3) is 0 Å². The number of carbonyl (C=O) groups is 1. The summed E-state index contributed by atoms with van der Waals surface area (Å²) in [6, 6.07) is 11.0. The van der Waals surface area contributed by atoms with Crippen LogP contribution in [0.2, 0.25) is 5.02 Å².